The van der Waals surface area contributed by atoms with Crippen LogP contribution in [0, 0.1) is 0 Å². The summed E-state index contributed by atoms with van der Waals surface area (Å²) in [5.74, 6) is 1.08. The normalized spacial score (nSPS) is 15.0. The smallest absolute Gasteiger partial charge is 0.287 e. The highest BCUT2D eigenvalue weighted by Gasteiger charge is 2.20. The van der Waals surface area contributed by atoms with Crippen LogP contribution in [-0.4, -0.2) is 25.0 Å². The molecule has 0 atom stereocenters. The third kappa shape index (κ3) is 5.03. The highest BCUT2D eigenvalue weighted by Crippen LogP contribution is 2.25. The van der Waals surface area contributed by atoms with Gasteiger partial charge in [0.1, 0.15) is 0 Å². The molecule has 0 spiro atoms. The number of thioether (sulfide) groups is 1. The number of carbonyl (C=O) groups excluding carboxylic acids is 1. The number of hydrogen-bond acceptors (Lipinski definition) is 4. The molecule has 3 rings (SSSR count). The van der Waals surface area contributed by atoms with Crippen molar-refractivity contribution in [1.29, 1.82) is 0 Å². The van der Waals surface area contributed by atoms with Gasteiger partial charge in [0.05, 0.1) is 6.26 Å². The Balaban J connectivity index is 0.00000192. The van der Waals surface area contributed by atoms with E-state index in [1.54, 1.807) is 18.0 Å². The monoisotopic (exact) mass is 352 g/mol. The van der Waals surface area contributed by atoms with Crippen LogP contribution in [-0.2, 0) is 5.75 Å². The van der Waals surface area contributed by atoms with Gasteiger partial charge < -0.3 is 15.1 Å². The second kappa shape index (κ2) is 9.01. The minimum atomic E-state index is -0.0967. The molecular formula is C17H21ClN2O2S. The van der Waals surface area contributed by atoms with E-state index in [0.29, 0.717) is 5.76 Å². The van der Waals surface area contributed by atoms with Crippen molar-refractivity contribution in [2.24, 2.45) is 0 Å². The fraction of sp³-hybridized carbons (Fsp3) is 0.353. The van der Waals surface area contributed by atoms with E-state index in [4.69, 9.17) is 4.42 Å². The third-order valence-corrected chi connectivity index (χ3v) is 4.83. The second-order valence-corrected chi connectivity index (χ2v) is 6.42. The van der Waals surface area contributed by atoms with Crippen molar-refractivity contribution in [2.45, 2.75) is 29.5 Å². The molecule has 0 radical (unpaired) electrons. The van der Waals surface area contributed by atoms with Gasteiger partial charge in [0.25, 0.3) is 5.91 Å². The molecule has 0 unspecified atom stereocenters. The zero-order valence-corrected chi connectivity index (χ0v) is 14.4. The molecule has 2 heterocycles. The lowest BCUT2D eigenvalue weighted by atomic mass is 10.1. The lowest BCUT2D eigenvalue weighted by molar-refractivity contribution is 0.0900. The second-order valence-electron chi connectivity index (χ2n) is 5.37. The Hall–Kier alpha value is -1.43. The van der Waals surface area contributed by atoms with Gasteiger partial charge in [-0.1, -0.05) is 18.2 Å². The highest BCUT2D eigenvalue weighted by molar-refractivity contribution is 7.98. The first-order valence-corrected chi connectivity index (χ1v) is 8.57. The van der Waals surface area contributed by atoms with Gasteiger partial charge in [-0.25, -0.2) is 0 Å². The third-order valence-electron chi connectivity index (χ3n) is 3.76. The summed E-state index contributed by atoms with van der Waals surface area (Å²) < 4.78 is 5.42. The molecule has 1 aromatic carbocycles. The Bertz CT molecular complexity index is 612. The first-order chi connectivity index (χ1) is 10.8. The SMILES string of the molecule is Cl.O=C(NC1CCNCC1)c1occc1CSc1ccccc1. The van der Waals surface area contributed by atoms with Crippen LogP contribution in [0.15, 0.2) is 52.0 Å². The summed E-state index contributed by atoms with van der Waals surface area (Å²) >= 11 is 1.71. The number of furan rings is 1. The van der Waals surface area contributed by atoms with Crippen LogP contribution in [0.5, 0.6) is 0 Å². The molecule has 1 amide bonds. The quantitative estimate of drug-likeness (QED) is 0.809. The molecule has 1 fully saturated rings. The van der Waals surface area contributed by atoms with Crippen molar-refractivity contribution >= 4 is 30.1 Å². The summed E-state index contributed by atoms with van der Waals surface area (Å²) in [6.45, 7) is 1.92. The Morgan fingerprint density at radius 2 is 1.96 bits per heavy atom. The summed E-state index contributed by atoms with van der Waals surface area (Å²) in [4.78, 5) is 13.6. The molecular weight excluding hydrogens is 332 g/mol. The number of nitrogens with one attached hydrogen (secondary N) is 2. The summed E-state index contributed by atoms with van der Waals surface area (Å²) in [5, 5.41) is 6.37. The number of benzene rings is 1. The average molecular weight is 353 g/mol. The minimum Gasteiger partial charge on any atom is -0.459 e. The fourth-order valence-electron chi connectivity index (χ4n) is 2.54. The maximum atomic E-state index is 12.4. The van der Waals surface area contributed by atoms with Crippen LogP contribution in [0.1, 0.15) is 29.0 Å². The van der Waals surface area contributed by atoms with Gasteiger partial charge in [-0.05, 0) is 44.1 Å². The first-order valence-electron chi connectivity index (χ1n) is 7.59. The molecule has 0 saturated carbocycles. The van der Waals surface area contributed by atoms with E-state index in [2.05, 4.69) is 22.8 Å². The Labute approximate surface area is 146 Å². The van der Waals surface area contributed by atoms with Gasteiger partial charge in [0.2, 0.25) is 0 Å². The molecule has 1 aliphatic heterocycles. The van der Waals surface area contributed by atoms with Gasteiger partial charge >= 0.3 is 0 Å². The topological polar surface area (TPSA) is 54.3 Å². The van der Waals surface area contributed by atoms with Crippen LogP contribution in [0.3, 0.4) is 0 Å². The van der Waals surface area contributed by atoms with Gasteiger partial charge in [-0.15, -0.1) is 24.2 Å². The molecule has 0 aliphatic carbocycles. The van der Waals surface area contributed by atoms with Gasteiger partial charge in [-0.3, -0.25) is 4.79 Å². The van der Waals surface area contributed by atoms with E-state index >= 15 is 0 Å². The van der Waals surface area contributed by atoms with Crippen LogP contribution in [0.4, 0.5) is 0 Å². The largest absolute Gasteiger partial charge is 0.459 e. The average Bonchev–Trinajstić information content (AvgIpc) is 3.03. The number of amides is 1. The maximum Gasteiger partial charge on any atom is 0.287 e. The summed E-state index contributed by atoms with van der Waals surface area (Å²) in [5.41, 5.74) is 0.945. The van der Waals surface area contributed by atoms with E-state index in [1.165, 1.54) is 4.90 Å². The van der Waals surface area contributed by atoms with Crippen molar-refractivity contribution in [3.05, 3.63) is 54.0 Å². The number of piperidine rings is 1. The molecule has 1 aromatic heterocycles. The molecule has 2 N–H and O–H groups in total. The van der Waals surface area contributed by atoms with Crippen LogP contribution >= 0.6 is 24.2 Å². The maximum absolute atomic E-state index is 12.4. The zero-order chi connectivity index (χ0) is 15.2. The lowest BCUT2D eigenvalue weighted by Gasteiger charge is -2.23. The summed E-state index contributed by atoms with van der Waals surface area (Å²) in [7, 11) is 0. The van der Waals surface area contributed by atoms with Gasteiger partial charge in [0.15, 0.2) is 5.76 Å². The van der Waals surface area contributed by atoms with Crippen LogP contribution in [0.2, 0.25) is 0 Å². The lowest BCUT2D eigenvalue weighted by Crippen LogP contribution is -2.42. The van der Waals surface area contributed by atoms with Crippen molar-refractivity contribution in [2.75, 3.05) is 13.1 Å². The highest BCUT2D eigenvalue weighted by atomic mass is 35.5. The predicted octanol–water partition coefficient (Wildman–Crippen LogP) is 3.48. The number of rotatable bonds is 5. The molecule has 23 heavy (non-hydrogen) atoms. The molecule has 6 heteroatoms. The molecule has 0 bridgehead atoms. The number of hydrogen-bond donors (Lipinski definition) is 2. The first kappa shape index (κ1) is 17.9. The zero-order valence-electron chi connectivity index (χ0n) is 12.8. The standard InChI is InChI=1S/C17H20N2O2S.ClH/c20-17(19-14-6-9-18-10-7-14)16-13(8-11-21-16)12-22-15-4-2-1-3-5-15;/h1-5,8,11,14,18H,6-7,9-10,12H2,(H,19,20);1H. The molecule has 1 aliphatic rings. The summed E-state index contributed by atoms with van der Waals surface area (Å²) in [6.07, 6.45) is 3.54. The predicted molar refractivity (Wildman–Crippen MR) is 95.3 cm³/mol. The van der Waals surface area contributed by atoms with E-state index < -0.39 is 0 Å². The Morgan fingerprint density at radius 1 is 1.22 bits per heavy atom. The van der Waals surface area contributed by atoms with Crippen molar-refractivity contribution in [3.63, 3.8) is 0 Å². The fourth-order valence-corrected chi connectivity index (χ4v) is 3.44. The molecule has 2 aromatic rings. The van der Waals surface area contributed by atoms with E-state index in [9.17, 15) is 4.79 Å². The van der Waals surface area contributed by atoms with Crippen LogP contribution in [0.25, 0.3) is 0 Å². The Morgan fingerprint density at radius 3 is 2.70 bits per heavy atom. The van der Waals surface area contributed by atoms with Crippen molar-refractivity contribution in [1.82, 2.24) is 10.6 Å². The number of halogens is 1. The molecule has 4 nitrogen and oxygen atoms in total. The van der Waals surface area contributed by atoms with Crippen molar-refractivity contribution < 1.29 is 9.21 Å². The van der Waals surface area contributed by atoms with Crippen molar-refractivity contribution in [3.8, 4) is 0 Å². The van der Waals surface area contributed by atoms with E-state index in [-0.39, 0.29) is 24.4 Å². The van der Waals surface area contributed by atoms with E-state index in [1.807, 2.05) is 24.3 Å². The summed E-state index contributed by atoms with van der Waals surface area (Å²) in [6, 6.07) is 12.3. The van der Waals surface area contributed by atoms with E-state index in [0.717, 1.165) is 37.2 Å². The molecule has 1 saturated heterocycles. The van der Waals surface area contributed by atoms with Crippen LogP contribution < -0.4 is 10.6 Å². The minimum absolute atomic E-state index is 0. The van der Waals surface area contributed by atoms with Gasteiger partial charge in [0, 0.05) is 22.3 Å². The Kier molecular flexibility index (Phi) is 7.02. The number of carbonyl (C=O) groups is 1. The van der Waals surface area contributed by atoms with Gasteiger partial charge in [-0.2, -0.15) is 0 Å². The molecule has 124 valence electrons.